The van der Waals surface area contributed by atoms with Crippen molar-refractivity contribution in [2.45, 2.75) is 11.1 Å². The topological polar surface area (TPSA) is 9.23 Å². The van der Waals surface area contributed by atoms with Crippen LogP contribution in [0.15, 0.2) is 29.2 Å². The van der Waals surface area contributed by atoms with E-state index in [2.05, 4.69) is 0 Å². The number of hydrogen-bond donors (Lipinski definition) is 0. The highest BCUT2D eigenvalue weighted by molar-refractivity contribution is 8.24. The SMILES string of the molecule is CP(=S)(Cl)Oc1ccc(SCC(F)(F)F)cc1. The van der Waals surface area contributed by atoms with E-state index < -0.39 is 17.5 Å². The molecule has 0 fully saturated rings. The zero-order chi connectivity index (χ0) is 13.1. The van der Waals surface area contributed by atoms with Crippen LogP contribution in [0.1, 0.15) is 0 Å². The van der Waals surface area contributed by atoms with Gasteiger partial charge in [0.15, 0.2) is 5.62 Å². The Bertz CT molecular complexity index is 415. The quantitative estimate of drug-likeness (QED) is 0.577. The predicted octanol–water partition coefficient (Wildman–Crippen LogP) is 4.90. The smallest absolute Gasteiger partial charge is 0.398 e. The Morgan fingerprint density at radius 2 is 1.88 bits per heavy atom. The van der Waals surface area contributed by atoms with E-state index in [1.54, 1.807) is 30.9 Å². The Labute approximate surface area is 112 Å². The van der Waals surface area contributed by atoms with E-state index in [9.17, 15) is 13.2 Å². The normalized spacial score (nSPS) is 15.4. The van der Waals surface area contributed by atoms with Gasteiger partial charge >= 0.3 is 6.18 Å². The summed E-state index contributed by atoms with van der Waals surface area (Å²) in [6, 6.07) is 6.22. The molecule has 0 aliphatic heterocycles. The highest BCUT2D eigenvalue weighted by Gasteiger charge is 2.27. The summed E-state index contributed by atoms with van der Waals surface area (Å²) in [5, 5.41) is 0. The van der Waals surface area contributed by atoms with E-state index in [0.717, 1.165) is 11.8 Å². The lowest BCUT2D eigenvalue weighted by Gasteiger charge is -2.11. The minimum atomic E-state index is -4.17. The molecule has 8 heteroatoms. The van der Waals surface area contributed by atoms with Gasteiger partial charge < -0.3 is 4.52 Å². The van der Waals surface area contributed by atoms with Crippen molar-refractivity contribution in [3.63, 3.8) is 0 Å². The van der Waals surface area contributed by atoms with Gasteiger partial charge in [-0.25, -0.2) is 0 Å². The first-order valence-electron chi connectivity index (χ1n) is 4.42. The lowest BCUT2D eigenvalue weighted by molar-refractivity contribution is -0.105. The third-order valence-electron chi connectivity index (χ3n) is 1.49. The number of benzene rings is 1. The summed E-state index contributed by atoms with van der Waals surface area (Å²) in [7, 11) is 0. The van der Waals surface area contributed by atoms with Crippen LogP contribution < -0.4 is 4.52 Å². The fraction of sp³-hybridized carbons (Fsp3) is 0.333. The summed E-state index contributed by atoms with van der Waals surface area (Å²) in [5.41, 5.74) is -2.33. The number of rotatable bonds is 4. The Hall–Kier alpha value is 0.1000. The van der Waals surface area contributed by atoms with Crippen LogP contribution in [0, 0.1) is 0 Å². The molecule has 1 aromatic rings. The molecular weight excluding hydrogens is 312 g/mol. The van der Waals surface area contributed by atoms with Crippen LogP contribution in [0.4, 0.5) is 13.2 Å². The summed E-state index contributed by atoms with van der Waals surface area (Å²) in [6.45, 7) is 1.61. The van der Waals surface area contributed by atoms with Gasteiger partial charge in [-0.3, -0.25) is 0 Å². The fourth-order valence-electron chi connectivity index (χ4n) is 0.950. The molecule has 0 aliphatic rings. The molecule has 0 radical (unpaired) electrons. The van der Waals surface area contributed by atoms with Crippen molar-refractivity contribution >= 4 is 40.4 Å². The molecule has 0 bridgehead atoms. The molecule has 1 nitrogen and oxygen atoms in total. The van der Waals surface area contributed by atoms with Gasteiger partial charge in [-0.15, -0.1) is 11.8 Å². The standard InChI is InChI=1S/C9H9ClF3OPS2/c1-15(10,16)14-7-2-4-8(5-3-7)17-6-9(11,12)13/h2-5H,6H2,1H3. The van der Waals surface area contributed by atoms with Gasteiger partial charge in [0, 0.05) is 11.6 Å². The van der Waals surface area contributed by atoms with Crippen molar-refractivity contribution in [3.8, 4) is 5.75 Å². The van der Waals surface area contributed by atoms with Crippen molar-refractivity contribution in [1.29, 1.82) is 0 Å². The van der Waals surface area contributed by atoms with Crippen molar-refractivity contribution < 1.29 is 17.7 Å². The van der Waals surface area contributed by atoms with Gasteiger partial charge in [-0.2, -0.15) is 13.2 Å². The molecule has 1 atom stereocenters. The van der Waals surface area contributed by atoms with Gasteiger partial charge in [0.05, 0.1) is 5.75 Å². The molecule has 17 heavy (non-hydrogen) atoms. The number of hydrogen-bond acceptors (Lipinski definition) is 3. The first-order valence-corrected chi connectivity index (χ1v) is 9.48. The van der Waals surface area contributed by atoms with Crippen molar-refractivity contribution in [2.24, 2.45) is 0 Å². The number of alkyl halides is 3. The maximum Gasteiger partial charge on any atom is 0.398 e. The van der Waals surface area contributed by atoms with Crippen LogP contribution in [-0.4, -0.2) is 18.6 Å². The monoisotopic (exact) mass is 320 g/mol. The summed E-state index contributed by atoms with van der Waals surface area (Å²) < 4.78 is 41.2. The lowest BCUT2D eigenvalue weighted by Crippen LogP contribution is -2.10. The van der Waals surface area contributed by atoms with Gasteiger partial charge in [0.25, 0.3) is 0 Å². The fourth-order valence-corrected chi connectivity index (χ4v) is 2.60. The highest BCUT2D eigenvalue weighted by Crippen LogP contribution is 2.48. The van der Waals surface area contributed by atoms with Gasteiger partial charge in [-0.1, -0.05) is 0 Å². The van der Waals surface area contributed by atoms with Crippen LogP contribution in [0.3, 0.4) is 0 Å². The predicted molar refractivity (Wildman–Crippen MR) is 69.9 cm³/mol. The van der Waals surface area contributed by atoms with Crippen LogP contribution >= 0.6 is 28.6 Å². The highest BCUT2D eigenvalue weighted by atomic mass is 35.7. The number of halogens is 4. The summed E-state index contributed by atoms with van der Waals surface area (Å²) >= 11 is 11.4. The largest absolute Gasteiger partial charge is 0.453 e. The third kappa shape index (κ3) is 7.19. The van der Waals surface area contributed by atoms with Gasteiger partial charge in [0.2, 0.25) is 0 Å². The first-order chi connectivity index (χ1) is 7.66. The van der Waals surface area contributed by atoms with E-state index in [-0.39, 0.29) is 0 Å². The molecule has 0 heterocycles. The van der Waals surface area contributed by atoms with E-state index in [1.165, 1.54) is 0 Å². The Morgan fingerprint density at radius 1 is 1.35 bits per heavy atom. The van der Waals surface area contributed by atoms with E-state index >= 15 is 0 Å². The summed E-state index contributed by atoms with van der Waals surface area (Å²) in [4.78, 5) is 0.522. The zero-order valence-corrected chi connectivity index (χ0v) is 12.0. The molecule has 96 valence electrons. The van der Waals surface area contributed by atoms with Crippen molar-refractivity contribution in [2.75, 3.05) is 12.4 Å². The van der Waals surface area contributed by atoms with Gasteiger partial charge in [0.1, 0.15) is 5.75 Å². The molecule has 0 spiro atoms. The Kier molecular flexibility index (Phi) is 5.20. The van der Waals surface area contributed by atoms with E-state index in [0.29, 0.717) is 10.6 Å². The average Bonchev–Trinajstić information content (AvgIpc) is 2.13. The van der Waals surface area contributed by atoms with Crippen LogP contribution in [0.5, 0.6) is 5.75 Å². The molecule has 0 aliphatic carbocycles. The van der Waals surface area contributed by atoms with Crippen LogP contribution in [0.2, 0.25) is 0 Å². The second-order valence-electron chi connectivity index (χ2n) is 3.21. The maximum absolute atomic E-state index is 12.0. The second kappa shape index (κ2) is 5.83. The summed E-state index contributed by atoms with van der Waals surface area (Å²) in [5.74, 6) is -0.434. The van der Waals surface area contributed by atoms with E-state index in [1.807, 2.05) is 0 Å². The van der Waals surface area contributed by atoms with Crippen molar-refractivity contribution in [1.82, 2.24) is 0 Å². The lowest BCUT2D eigenvalue weighted by atomic mass is 10.3. The molecule has 0 amide bonds. The molecule has 0 N–H and O–H groups in total. The third-order valence-corrected chi connectivity index (χ3v) is 3.54. The molecular formula is C9H9ClF3OPS2. The van der Waals surface area contributed by atoms with Crippen LogP contribution in [0.25, 0.3) is 0 Å². The molecule has 1 unspecified atom stereocenters. The molecule has 1 rings (SSSR count). The second-order valence-corrected chi connectivity index (χ2v) is 10.6. The molecule has 0 aromatic heterocycles. The first kappa shape index (κ1) is 15.2. The van der Waals surface area contributed by atoms with Gasteiger partial charge in [-0.05, 0) is 47.3 Å². The Balaban J connectivity index is 2.59. The van der Waals surface area contributed by atoms with Crippen LogP contribution in [-0.2, 0) is 11.8 Å². The molecule has 1 aromatic carbocycles. The molecule has 0 saturated carbocycles. The summed E-state index contributed by atoms with van der Waals surface area (Å²) in [6.07, 6.45) is -4.17. The van der Waals surface area contributed by atoms with Crippen molar-refractivity contribution in [3.05, 3.63) is 24.3 Å². The Morgan fingerprint density at radius 3 is 2.29 bits per heavy atom. The average molecular weight is 321 g/mol. The molecule has 0 saturated heterocycles. The maximum atomic E-state index is 12.0. The minimum absolute atomic E-state index is 0.474. The zero-order valence-electron chi connectivity index (χ0n) is 8.70. The number of thioether (sulfide) groups is 1. The minimum Gasteiger partial charge on any atom is -0.453 e. The van der Waals surface area contributed by atoms with E-state index in [4.69, 9.17) is 27.6 Å².